The number of hydrogen-bond acceptors (Lipinski definition) is 6. The van der Waals surface area contributed by atoms with E-state index in [0.29, 0.717) is 5.13 Å². The molecular weight excluding hydrogens is 442 g/mol. The van der Waals surface area contributed by atoms with Crippen LogP contribution in [0.15, 0.2) is 88.9 Å². The number of carbonyl (C=O) groups excluding carboxylic acids is 1. The van der Waals surface area contributed by atoms with Crippen LogP contribution in [0.1, 0.15) is 17.5 Å². The first-order valence-corrected chi connectivity index (χ1v) is 12.5. The predicted molar refractivity (Wildman–Crippen MR) is 129 cm³/mol. The number of hydrogen-bond donors (Lipinski definition) is 0. The summed E-state index contributed by atoms with van der Waals surface area (Å²) in [7, 11) is -3.58. The van der Waals surface area contributed by atoms with Gasteiger partial charge in [-0.2, -0.15) is 10.1 Å². The first-order chi connectivity index (χ1) is 15.4. The Kier molecular flexibility index (Phi) is 6.43. The zero-order valence-electron chi connectivity index (χ0n) is 17.4. The number of aromatic nitrogens is 1. The molecule has 3 aromatic carbocycles. The number of benzene rings is 3. The molecule has 0 fully saturated rings. The summed E-state index contributed by atoms with van der Waals surface area (Å²) in [5.41, 5.74) is 2.67. The lowest BCUT2D eigenvalue weighted by Gasteiger charge is -2.14. The maximum absolute atomic E-state index is 13.1. The molecule has 0 radical (unpaired) electrons. The van der Waals surface area contributed by atoms with Crippen LogP contribution in [0.5, 0.6) is 0 Å². The van der Waals surface area contributed by atoms with Crippen molar-refractivity contribution >= 4 is 48.6 Å². The fraction of sp³-hybridized carbons (Fsp3) is 0.125. The largest absolute Gasteiger partial charge is 0.272 e. The Bertz CT molecular complexity index is 1370. The van der Waals surface area contributed by atoms with Gasteiger partial charge in [-0.25, -0.2) is 13.4 Å². The van der Waals surface area contributed by atoms with Crippen molar-refractivity contribution in [3.8, 4) is 0 Å². The molecule has 162 valence electrons. The average molecular weight is 464 g/mol. The summed E-state index contributed by atoms with van der Waals surface area (Å²) in [6.07, 6.45) is 1.36. The van der Waals surface area contributed by atoms with Gasteiger partial charge in [0.05, 0.1) is 27.1 Å². The molecule has 0 N–H and O–H groups in total. The molecule has 0 saturated heterocycles. The highest BCUT2D eigenvalue weighted by atomic mass is 32.2. The Morgan fingerprint density at radius 1 is 1.03 bits per heavy atom. The van der Waals surface area contributed by atoms with E-state index in [1.807, 2.05) is 55.5 Å². The van der Waals surface area contributed by atoms with Crippen molar-refractivity contribution in [1.29, 1.82) is 0 Å². The Morgan fingerprint density at radius 3 is 2.44 bits per heavy atom. The molecule has 0 bridgehead atoms. The number of fused-ring (bicyclic) bond motifs is 1. The smallest absolute Gasteiger partial charge is 0.250 e. The molecule has 4 rings (SSSR count). The van der Waals surface area contributed by atoms with Gasteiger partial charge in [-0.1, -0.05) is 65.9 Å². The van der Waals surface area contributed by atoms with Gasteiger partial charge in [0.15, 0.2) is 9.84 Å². The maximum atomic E-state index is 13.1. The predicted octanol–water partition coefficient (Wildman–Crippen LogP) is 4.84. The van der Waals surface area contributed by atoms with Crippen LogP contribution in [0.3, 0.4) is 0 Å². The average Bonchev–Trinajstić information content (AvgIpc) is 3.22. The molecule has 0 atom stereocenters. The summed E-state index contributed by atoms with van der Waals surface area (Å²) in [5, 5.41) is 5.97. The molecule has 0 aliphatic rings. The number of carbonyl (C=O) groups is 1. The Labute approximate surface area is 190 Å². The normalized spacial score (nSPS) is 11.8. The second-order valence-corrected chi connectivity index (χ2v) is 10.3. The maximum Gasteiger partial charge on any atom is 0.250 e. The zero-order chi connectivity index (χ0) is 22.6. The van der Waals surface area contributed by atoms with Crippen LogP contribution in [0.2, 0.25) is 0 Å². The third kappa shape index (κ3) is 5.09. The molecule has 1 amide bonds. The number of sulfone groups is 1. The number of anilines is 1. The van der Waals surface area contributed by atoms with Gasteiger partial charge in [0.25, 0.3) is 5.91 Å². The fourth-order valence-corrected chi connectivity index (χ4v) is 5.36. The SMILES string of the molecule is Cc1ccc2nc(N(/N=C/c3ccccc3)C(=O)CCS(=O)(=O)c3ccccc3)sc2c1. The minimum absolute atomic E-state index is 0.197. The number of aryl methyl sites for hydroxylation is 1. The van der Waals surface area contributed by atoms with Crippen molar-refractivity contribution in [3.05, 3.63) is 90.0 Å². The molecule has 0 spiro atoms. The van der Waals surface area contributed by atoms with Crippen LogP contribution in [0, 0.1) is 6.92 Å². The molecule has 6 nitrogen and oxygen atoms in total. The third-order valence-corrected chi connectivity index (χ3v) is 7.48. The van der Waals surface area contributed by atoms with E-state index in [0.717, 1.165) is 21.3 Å². The van der Waals surface area contributed by atoms with E-state index in [-0.39, 0.29) is 17.1 Å². The summed E-state index contributed by atoms with van der Waals surface area (Å²) >= 11 is 1.34. The van der Waals surface area contributed by atoms with Gasteiger partial charge in [0.1, 0.15) is 0 Å². The lowest BCUT2D eigenvalue weighted by molar-refractivity contribution is -0.118. The van der Waals surface area contributed by atoms with Crippen LogP contribution in [0.25, 0.3) is 10.2 Å². The zero-order valence-corrected chi connectivity index (χ0v) is 19.0. The van der Waals surface area contributed by atoms with Gasteiger partial charge < -0.3 is 0 Å². The molecule has 4 aromatic rings. The molecule has 8 heteroatoms. The number of nitrogens with zero attached hydrogens (tertiary/aromatic N) is 3. The van der Waals surface area contributed by atoms with Crippen molar-refractivity contribution in [3.63, 3.8) is 0 Å². The summed E-state index contributed by atoms with van der Waals surface area (Å²) in [6, 6.07) is 23.4. The minimum Gasteiger partial charge on any atom is -0.272 e. The molecule has 0 unspecified atom stereocenters. The molecule has 0 saturated carbocycles. The van der Waals surface area contributed by atoms with Crippen molar-refractivity contribution < 1.29 is 13.2 Å². The minimum atomic E-state index is -3.58. The fourth-order valence-electron chi connectivity index (χ4n) is 3.07. The first kappa shape index (κ1) is 21.9. The van der Waals surface area contributed by atoms with Gasteiger partial charge in [-0.15, -0.1) is 0 Å². The third-order valence-electron chi connectivity index (χ3n) is 4.76. The Hall–Kier alpha value is -3.36. The lowest BCUT2D eigenvalue weighted by Crippen LogP contribution is -2.27. The van der Waals surface area contributed by atoms with Crippen molar-refractivity contribution in [2.75, 3.05) is 10.8 Å². The van der Waals surface area contributed by atoms with E-state index in [1.54, 1.807) is 24.4 Å². The highest BCUT2D eigenvalue weighted by Gasteiger charge is 2.23. The van der Waals surface area contributed by atoms with Crippen molar-refractivity contribution in [2.45, 2.75) is 18.2 Å². The molecule has 1 aromatic heterocycles. The van der Waals surface area contributed by atoms with Crippen LogP contribution in [-0.4, -0.2) is 31.3 Å². The topological polar surface area (TPSA) is 79.7 Å². The van der Waals surface area contributed by atoms with E-state index in [1.165, 1.54) is 28.5 Å². The van der Waals surface area contributed by atoms with E-state index < -0.39 is 15.7 Å². The summed E-state index contributed by atoms with van der Waals surface area (Å²) in [4.78, 5) is 17.8. The van der Waals surface area contributed by atoms with Crippen molar-refractivity contribution in [1.82, 2.24) is 4.98 Å². The Morgan fingerprint density at radius 2 is 1.72 bits per heavy atom. The van der Waals surface area contributed by atoms with Gasteiger partial charge in [0.2, 0.25) is 5.13 Å². The second kappa shape index (κ2) is 9.42. The van der Waals surface area contributed by atoms with Crippen LogP contribution >= 0.6 is 11.3 Å². The first-order valence-electron chi connectivity index (χ1n) is 9.99. The summed E-state index contributed by atoms with van der Waals surface area (Å²) < 4.78 is 26.2. The molecule has 1 heterocycles. The lowest BCUT2D eigenvalue weighted by atomic mass is 10.2. The second-order valence-electron chi connectivity index (χ2n) is 7.21. The van der Waals surface area contributed by atoms with Crippen LogP contribution in [-0.2, 0) is 14.6 Å². The highest BCUT2D eigenvalue weighted by molar-refractivity contribution is 7.91. The van der Waals surface area contributed by atoms with E-state index in [2.05, 4.69) is 10.1 Å². The van der Waals surface area contributed by atoms with Crippen molar-refractivity contribution in [2.24, 2.45) is 5.10 Å². The van der Waals surface area contributed by atoms with E-state index >= 15 is 0 Å². The van der Waals surface area contributed by atoms with E-state index in [4.69, 9.17) is 0 Å². The summed E-state index contributed by atoms with van der Waals surface area (Å²) in [6.45, 7) is 1.99. The number of thiazole rings is 1. The Balaban J connectivity index is 1.62. The monoisotopic (exact) mass is 463 g/mol. The van der Waals surface area contributed by atoms with Gasteiger partial charge in [-0.3, -0.25) is 4.79 Å². The molecular formula is C24H21N3O3S2. The van der Waals surface area contributed by atoms with E-state index in [9.17, 15) is 13.2 Å². The van der Waals surface area contributed by atoms with Gasteiger partial charge in [0, 0.05) is 6.42 Å². The molecule has 32 heavy (non-hydrogen) atoms. The molecule has 0 aliphatic carbocycles. The number of hydrazone groups is 1. The highest BCUT2D eigenvalue weighted by Crippen LogP contribution is 2.30. The number of rotatable bonds is 7. The quantitative estimate of drug-likeness (QED) is 0.290. The van der Waals surface area contributed by atoms with Crippen LogP contribution in [0.4, 0.5) is 5.13 Å². The van der Waals surface area contributed by atoms with Crippen LogP contribution < -0.4 is 5.01 Å². The standard InChI is InChI=1S/C24H21N3O3S2/c1-18-12-13-21-22(16-18)31-24(26-21)27(25-17-19-8-4-2-5-9-19)23(28)14-15-32(29,30)20-10-6-3-7-11-20/h2-13,16-17H,14-15H2,1H3/b25-17+. The van der Waals surface area contributed by atoms with Gasteiger partial charge >= 0.3 is 0 Å². The number of amides is 1. The molecule has 0 aliphatic heterocycles. The summed E-state index contributed by atoms with van der Waals surface area (Å²) in [5.74, 6) is -0.746. The van der Waals surface area contributed by atoms with Gasteiger partial charge in [-0.05, 0) is 42.3 Å².